The van der Waals surface area contributed by atoms with E-state index in [-0.39, 0.29) is 6.04 Å². The van der Waals surface area contributed by atoms with Crippen molar-refractivity contribution in [2.24, 2.45) is 0 Å². The molecule has 1 aromatic heterocycles. The van der Waals surface area contributed by atoms with E-state index in [9.17, 15) is 9.59 Å². The van der Waals surface area contributed by atoms with Crippen LogP contribution >= 0.6 is 0 Å². The van der Waals surface area contributed by atoms with Crippen LogP contribution in [0.25, 0.3) is 6.08 Å². The second kappa shape index (κ2) is 10.1. The van der Waals surface area contributed by atoms with Crippen LogP contribution in [0.15, 0.2) is 41.0 Å². The van der Waals surface area contributed by atoms with E-state index in [0.717, 1.165) is 0 Å². The third-order valence-electron chi connectivity index (χ3n) is 3.83. The van der Waals surface area contributed by atoms with Crippen molar-refractivity contribution in [3.05, 3.63) is 47.9 Å². The van der Waals surface area contributed by atoms with Gasteiger partial charge in [-0.2, -0.15) is 0 Å². The third kappa shape index (κ3) is 5.54. The molecule has 0 fully saturated rings. The minimum Gasteiger partial charge on any atom is -0.496 e. The minimum atomic E-state index is -0.669. The summed E-state index contributed by atoms with van der Waals surface area (Å²) in [6, 6.07) is 6.46. The highest BCUT2D eigenvalue weighted by molar-refractivity contribution is 5.90. The quantitative estimate of drug-likeness (QED) is 0.520. The van der Waals surface area contributed by atoms with Gasteiger partial charge in [-0.3, -0.25) is 4.79 Å². The molecule has 0 unspecified atom stereocenters. The van der Waals surface area contributed by atoms with Gasteiger partial charge in [0.1, 0.15) is 11.5 Å². The summed E-state index contributed by atoms with van der Waals surface area (Å²) < 4.78 is 25.9. The molecule has 1 heterocycles. The SMILES string of the molecule is COc1cc(OC)c(OC)cc1/C=C/C(=O)OCC(=O)N[C@H](C)c1ccco1. The molecule has 8 heteroatoms. The maximum atomic E-state index is 11.9. The van der Waals surface area contributed by atoms with Gasteiger partial charge in [-0.15, -0.1) is 0 Å². The molecule has 150 valence electrons. The van der Waals surface area contributed by atoms with E-state index >= 15 is 0 Å². The molecule has 0 radical (unpaired) electrons. The van der Waals surface area contributed by atoms with Crippen molar-refractivity contribution < 1.29 is 33.0 Å². The maximum Gasteiger partial charge on any atom is 0.331 e. The lowest BCUT2D eigenvalue weighted by Gasteiger charge is -2.12. The molecule has 2 aromatic rings. The summed E-state index contributed by atoms with van der Waals surface area (Å²) in [4.78, 5) is 23.8. The van der Waals surface area contributed by atoms with E-state index < -0.39 is 18.5 Å². The number of rotatable bonds is 9. The molecule has 1 aromatic carbocycles. The zero-order valence-electron chi connectivity index (χ0n) is 16.2. The van der Waals surface area contributed by atoms with Gasteiger partial charge in [0.2, 0.25) is 0 Å². The normalized spacial score (nSPS) is 11.7. The van der Waals surface area contributed by atoms with Gasteiger partial charge in [0.25, 0.3) is 5.91 Å². The van der Waals surface area contributed by atoms with E-state index in [1.54, 1.807) is 31.2 Å². The molecule has 28 heavy (non-hydrogen) atoms. The predicted molar refractivity (Wildman–Crippen MR) is 101 cm³/mol. The highest BCUT2D eigenvalue weighted by atomic mass is 16.5. The van der Waals surface area contributed by atoms with Gasteiger partial charge in [0, 0.05) is 17.7 Å². The smallest absolute Gasteiger partial charge is 0.331 e. The molecule has 0 aliphatic carbocycles. The second-order valence-corrected chi connectivity index (χ2v) is 5.69. The van der Waals surface area contributed by atoms with Crippen molar-refractivity contribution in [3.8, 4) is 17.2 Å². The first-order chi connectivity index (χ1) is 13.5. The molecule has 0 bridgehead atoms. The van der Waals surface area contributed by atoms with Crippen LogP contribution in [0.4, 0.5) is 0 Å². The number of hydrogen-bond acceptors (Lipinski definition) is 7. The molecule has 1 amide bonds. The Balaban J connectivity index is 1.93. The third-order valence-corrected chi connectivity index (χ3v) is 3.83. The number of carbonyl (C=O) groups excluding carboxylic acids is 2. The Bertz CT molecular complexity index is 827. The standard InChI is InChI=1S/C20H23NO7/c1-13(15-6-5-9-27-15)21-19(22)12-28-20(23)8-7-14-10-17(25-3)18(26-4)11-16(14)24-2/h5-11,13H,12H2,1-4H3,(H,21,22)/b8-7+/t13-/m1/s1. The Labute approximate surface area is 163 Å². The van der Waals surface area contributed by atoms with E-state index in [1.807, 2.05) is 0 Å². The van der Waals surface area contributed by atoms with Gasteiger partial charge in [-0.25, -0.2) is 4.79 Å². The van der Waals surface area contributed by atoms with Crippen LogP contribution < -0.4 is 19.5 Å². The molecular formula is C20H23NO7. The summed E-state index contributed by atoms with van der Waals surface area (Å²) in [5.41, 5.74) is 0.591. The Morgan fingerprint density at radius 2 is 1.79 bits per heavy atom. The molecule has 0 aliphatic rings. The van der Waals surface area contributed by atoms with Crippen molar-refractivity contribution in [2.75, 3.05) is 27.9 Å². The average Bonchev–Trinajstić information content (AvgIpc) is 3.24. The molecular weight excluding hydrogens is 366 g/mol. The van der Waals surface area contributed by atoms with Crippen molar-refractivity contribution >= 4 is 18.0 Å². The zero-order valence-corrected chi connectivity index (χ0v) is 16.2. The van der Waals surface area contributed by atoms with E-state index in [1.165, 1.54) is 39.7 Å². The molecule has 0 saturated carbocycles. The largest absolute Gasteiger partial charge is 0.496 e. The number of nitrogens with one attached hydrogen (secondary N) is 1. The molecule has 8 nitrogen and oxygen atoms in total. The van der Waals surface area contributed by atoms with Crippen LogP contribution in [0.5, 0.6) is 17.2 Å². The maximum absolute atomic E-state index is 11.9. The van der Waals surface area contributed by atoms with Gasteiger partial charge in [-0.1, -0.05) is 0 Å². The van der Waals surface area contributed by atoms with Crippen molar-refractivity contribution in [1.82, 2.24) is 5.32 Å². The number of esters is 1. The van der Waals surface area contributed by atoms with Crippen molar-refractivity contribution in [1.29, 1.82) is 0 Å². The van der Waals surface area contributed by atoms with Gasteiger partial charge < -0.3 is 28.7 Å². The Hall–Kier alpha value is -3.42. The van der Waals surface area contributed by atoms with Gasteiger partial charge in [0.15, 0.2) is 18.1 Å². The van der Waals surface area contributed by atoms with Crippen molar-refractivity contribution in [2.45, 2.75) is 13.0 Å². The summed E-state index contributed by atoms with van der Waals surface area (Å²) in [6.07, 6.45) is 4.23. The minimum absolute atomic E-state index is 0.326. The first-order valence-corrected chi connectivity index (χ1v) is 8.46. The highest BCUT2D eigenvalue weighted by Gasteiger charge is 2.13. The fraction of sp³-hybridized carbons (Fsp3) is 0.300. The Kier molecular flexibility index (Phi) is 7.50. The summed E-state index contributed by atoms with van der Waals surface area (Å²) >= 11 is 0. The van der Waals surface area contributed by atoms with Crippen LogP contribution in [-0.2, 0) is 14.3 Å². The predicted octanol–water partition coefficient (Wildman–Crippen LogP) is 2.74. The first kappa shape index (κ1) is 20.9. The average molecular weight is 389 g/mol. The Morgan fingerprint density at radius 1 is 1.11 bits per heavy atom. The van der Waals surface area contributed by atoms with E-state index in [0.29, 0.717) is 28.6 Å². The van der Waals surface area contributed by atoms with Crippen LogP contribution in [0.2, 0.25) is 0 Å². The fourth-order valence-corrected chi connectivity index (χ4v) is 2.42. The lowest BCUT2D eigenvalue weighted by Crippen LogP contribution is -2.30. The number of benzene rings is 1. The van der Waals surface area contributed by atoms with Gasteiger partial charge in [0.05, 0.1) is 33.6 Å². The van der Waals surface area contributed by atoms with Gasteiger partial charge in [-0.05, 0) is 31.2 Å². The van der Waals surface area contributed by atoms with E-state index in [4.69, 9.17) is 23.4 Å². The second-order valence-electron chi connectivity index (χ2n) is 5.69. The molecule has 0 saturated heterocycles. The number of hydrogen-bond donors (Lipinski definition) is 1. The van der Waals surface area contributed by atoms with Crippen LogP contribution in [0.3, 0.4) is 0 Å². The number of furan rings is 1. The monoisotopic (exact) mass is 389 g/mol. The lowest BCUT2D eigenvalue weighted by molar-refractivity contribution is -0.144. The highest BCUT2D eigenvalue weighted by Crippen LogP contribution is 2.35. The number of methoxy groups -OCH3 is 3. The van der Waals surface area contributed by atoms with Crippen LogP contribution in [0.1, 0.15) is 24.3 Å². The number of ether oxygens (including phenoxy) is 4. The topological polar surface area (TPSA) is 96.2 Å². The Morgan fingerprint density at radius 3 is 2.39 bits per heavy atom. The summed E-state index contributed by atoms with van der Waals surface area (Å²) in [6.45, 7) is 1.36. The molecule has 0 spiro atoms. The van der Waals surface area contributed by atoms with E-state index in [2.05, 4.69) is 5.32 Å². The van der Waals surface area contributed by atoms with Crippen LogP contribution in [0, 0.1) is 0 Å². The lowest BCUT2D eigenvalue weighted by atomic mass is 10.1. The molecule has 1 N–H and O–H groups in total. The molecule has 0 aliphatic heterocycles. The zero-order chi connectivity index (χ0) is 20.5. The number of amides is 1. The first-order valence-electron chi connectivity index (χ1n) is 8.46. The van der Waals surface area contributed by atoms with Crippen LogP contribution in [-0.4, -0.2) is 39.8 Å². The summed E-state index contributed by atoms with van der Waals surface area (Å²) in [5.74, 6) is 0.989. The number of carbonyl (C=O) groups is 2. The summed E-state index contributed by atoms with van der Waals surface area (Å²) in [5, 5.41) is 2.67. The summed E-state index contributed by atoms with van der Waals surface area (Å²) in [7, 11) is 4.53. The van der Waals surface area contributed by atoms with Crippen molar-refractivity contribution in [3.63, 3.8) is 0 Å². The fourth-order valence-electron chi connectivity index (χ4n) is 2.42. The molecule has 2 rings (SSSR count). The van der Waals surface area contributed by atoms with Gasteiger partial charge >= 0.3 is 5.97 Å². The molecule has 1 atom stereocenters.